The van der Waals surface area contributed by atoms with E-state index in [-0.39, 0.29) is 18.0 Å². The number of hydrogen-bond donors (Lipinski definition) is 0. The van der Waals surface area contributed by atoms with Gasteiger partial charge in [0.1, 0.15) is 0 Å². The fourth-order valence-electron chi connectivity index (χ4n) is 2.59. The Morgan fingerprint density at radius 1 is 1.14 bits per heavy atom. The topological polar surface area (TPSA) is 49.6 Å². The van der Waals surface area contributed by atoms with Gasteiger partial charge in [-0.3, -0.25) is 15.0 Å². The van der Waals surface area contributed by atoms with E-state index < -0.39 is 0 Å². The number of non-ortho nitro benzene ring substituents is 1. The van der Waals surface area contributed by atoms with Gasteiger partial charge in [0.2, 0.25) is 0 Å². The van der Waals surface area contributed by atoms with Crippen LogP contribution in [-0.2, 0) is 0 Å². The smallest absolute Gasteiger partial charge is 0.269 e. The summed E-state index contributed by atoms with van der Waals surface area (Å²) in [6.07, 6.45) is 0. The van der Waals surface area contributed by atoms with Crippen molar-refractivity contribution in [3.05, 3.63) is 33.9 Å². The maximum atomic E-state index is 10.7. The highest BCUT2D eigenvalue weighted by Gasteiger charge is 2.20. The molecule has 22 heavy (non-hydrogen) atoms. The van der Waals surface area contributed by atoms with Crippen molar-refractivity contribution in [2.24, 2.45) is 0 Å². The Labute approximate surface area is 135 Å². The minimum Gasteiger partial charge on any atom is -0.369 e. The van der Waals surface area contributed by atoms with Crippen LogP contribution in [0, 0.1) is 17.0 Å². The van der Waals surface area contributed by atoms with Crippen molar-refractivity contribution in [2.75, 3.05) is 31.1 Å². The van der Waals surface area contributed by atoms with E-state index in [9.17, 15) is 10.1 Å². The fraction of sp³-hybridized carbons (Fsp3) is 0.647. The lowest BCUT2D eigenvalue weighted by Crippen LogP contribution is -2.49. The van der Waals surface area contributed by atoms with E-state index in [0.717, 1.165) is 37.4 Å². The molecular formula is C17H31N3O2. The summed E-state index contributed by atoms with van der Waals surface area (Å²) in [5.41, 5.74) is 2.27. The molecule has 0 radical (unpaired) electrons. The van der Waals surface area contributed by atoms with Crippen LogP contribution in [0.15, 0.2) is 18.2 Å². The number of nitro benzene ring substituents is 1. The number of anilines is 1. The maximum absolute atomic E-state index is 10.7. The third-order valence-electron chi connectivity index (χ3n) is 3.78. The third kappa shape index (κ3) is 4.98. The summed E-state index contributed by atoms with van der Waals surface area (Å²) in [5.74, 6) is 0. The van der Waals surface area contributed by atoms with E-state index in [1.807, 2.05) is 26.8 Å². The first-order chi connectivity index (χ1) is 9.99. The van der Waals surface area contributed by atoms with Gasteiger partial charge in [-0.05, 0) is 32.4 Å². The van der Waals surface area contributed by atoms with Crippen molar-refractivity contribution in [1.82, 2.24) is 4.90 Å². The zero-order chi connectivity index (χ0) is 16.0. The highest BCUT2D eigenvalue weighted by Crippen LogP contribution is 2.25. The maximum Gasteiger partial charge on any atom is 0.269 e. The molecule has 2 rings (SSSR count). The minimum atomic E-state index is -0.340. The molecule has 126 valence electrons. The number of aryl methyl sites for hydroxylation is 1. The van der Waals surface area contributed by atoms with Gasteiger partial charge in [-0.1, -0.05) is 21.3 Å². The van der Waals surface area contributed by atoms with Crippen LogP contribution in [0.3, 0.4) is 0 Å². The molecule has 0 bridgehead atoms. The van der Waals surface area contributed by atoms with Gasteiger partial charge in [-0.2, -0.15) is 0 Å². The highest BCUT2D eigenvalue weighted by molar-refractivity contribution is 5.57. The predicted octanol–water partition coefficient (Wildman–Crippen LogP) is 4.10. The Morgan fingerprint density at radius 3 is 2.09 bits per heavy atom. The second-order valence-electron chi connectivity index (χ2n) is 5.34. The monoisotopic (exact) mass is 309 g/mol. The second-order valence-corrected chi connectivity index (χ2v) is 5.34. The van der Waals surface area contributed by atoms with E-state index in [0.29, 0.717) is 6.04 Å². The SMILES string of the molecule is C.CC.Cc1cc([N+](=O)[O-])ccc1N1CCN(C(C)C)CC1. The first-order valence-corrected chi connectivity index (χ1v) is 7.73. The van der Waals surface area contributed by atoms with Gasteiger partial charge >= 0.3 is 0 Å². The summed E-state index contributed by atoms with van der Waals surface area (Å²) >= 11 is 0. The summed E-state index contributed by atoms with van der Waals surface area (Å²) in [6, 6.07) is 5.71. The quantitative estimate of drug-likeness (QED) is 0.623. The molecule has 1 aliphatic rings. The van der Waals surface area contributed by atoms with Crippen molar-refractivity contribution in [2.45, 2.75) is 48.1 Å². The molecule has 5 nitrogen and oxygen atoms in total. The number of nitro groups is 1. The Balaban J connectivity index is 0.00000141. The molecule has 0 unspecified atom stereocenters. The molecule has 0 saturated carbocycles. The third-order valence-corrected chi connectivity index (χ3v) is 3.78. The van der Waals surface area contributed by atoms with Crippen LogP contribution in [0.4, 0.5) is 11.4 Å². The summed E-state index contributed by atoms with van der Waals surface area (Å²) in [6.45, 7) is 14.4. The van der Waals surface area contributed by atoms with Crippen molar-refractivity contribution in [1.29, 1.82) is 0 Å². The zero-order valence-corrected chi connectivity index (χ0v) is 13.8. The molecule has 1 aromatic carbocycles. The minimum absolute atomic E-state index is 0. The first-order valence-electron chi connectivity index (χ1n) is 7.73. The van der Waals surface area contributed by atoms with Gasteiger partial charge in [0.05, 0.1) is 4.92 Å². The Morgan fingerprint density at radius 2 is 1.68 bits per heavy atom. The molecule has 1 aliphatic heterocycles. The van der Waals surface area contributed by atoms with Crippen LogP contribution in [0.5, 0.6) is 0 Å². The molecule has 0 N–H and O–H groups in total. The molecule has 0 atom stereocenters. The zero-order valence-electron chi connectivity index (χ0n) is 13.8. The largest absolute Gasteiger partial charge is 0.369 e. The molecule has 0 aromatic heterocycles. The van der Waals surface area contributed by atoms with E-state index in [1.165, 1.54) is 0 Å². The van der Waals surface area contributed by atoms with Crippen molar-refractivity contribution >= 4 is 11.4 Å². The predicted molar refractivity (Wildman–Crippen MR) is 94.8 cm³/mol. The number of hydrogen-bond acceptors (Lipinski definition) is 4. The van der Waals surface area contributed by atoms with Crippen LogP contribution in [-0.4, -0.2) is 42.0 Å². The summed E-state index contributed by atoms with van der Waals surface area (Å²) in [5, 5.41) is 10.7. The molecule has 1 fully saturated rings. The van der Waals surface area contributed by atoms with E-state index in [4.69, 9.17) is 0 Å². The molecule has 0 amide bonds. The molecule has 0 aliphatic carbocycles. The standard InChI is InChI=1S/C14H21N3O2.C2H6.CH4/c1-11(2)15-6-8-16(9-7-15)14-5-4-13(17(18)19)10-12(14)3;1-2;/h4-5,10-11H,6-9H2,1-3H3;1-2H3;1H4. The summed E-state index contributed by atoms with van der Waals surface area (Å²) in [7, 11) is 0. The average molecular weight is 309 g/mol. The van der Waals surface area contributed by atoms with Gasteiger partial charge < -0.3 is 4.90 Å². The highest BCUT2D eigenvalue weighted by atomic mass is 16.6. The van der Waals surface area contributed by atoms with Crippen LogP contribution in [0.25, 0.3) is 0 Å². The number of benzene rings is 1. The Bertz CT molecular complexity index is 467. The molecule has 1 heterocycles. The number of rotatable bonds is 3. The van der Waals surface area contributed by atoms with Crippen molar-refractivity contribution < 1.29 is 4.92 Å². The van der Waals surface area contributed by atoms with Gasteiger partial charge in [0, 0.05) is 50.0 Å². The van der Waals surface area contributed by atoms with Gasteiger partial charge in [-0.25, -0.2) is 0 Å². The van der Waals surface area contributed by atoms with Crippen molar-refractivity contribution in [3.63, 3.8) is 0 Å². The number of nitrogens with zero attached hydrogens (tertiary/aromatic N) is 3. The number of piperazine rings is 1. The van der Waals surface area contributed by atoms with Gasteiger partial charge in [0.25, 0.3) is 5.69 Å². The van der Waals surface area contributed by atoms with Crippen LogP contribution < -0.4 is 4.90 Å². The van der Waals surface area contributed by atoms with Crippen molar-refractivity contribution in [3.8, 4) is 0 Å². The lowest BCUT2D eigenvalue weighted by Gasteiger charge is -2.38. The van der Waals surface area contributed by atoms with E-state index in [2.05, 4.69) is 23.6 Å². The summed E-state index contributed by atoms with van der Waals surface area (Å²) < 4.78 is 0. The lowest BCUT2D eigenvalue weighted by atomic mass is 10.1. The average Bonchev–Trinajstić information content (AvgIpc) is 2.49. The molecule has 1 saturated heterocycles. The molecule has 5 heteroatoms. The Kier molecular flexibility index (Phi) is 8.72. The Hall–Kier alpha value is -1.62. The second kappa shape index (κ2) is 9.41. The molecular weight excluding hydrogens is 278 g/mol. The van der Waals surface area contributed by atoms with Crippen LogP contribution >= 0.6 is 0 Å². The van der Waals surface area contributed by atoms with E-state index in [1.54, 1.807) is 12.1 Å². The van der Waals surface area contributed by atoms with Gasteiger partial charge in [-0.15, -0.1) is 0 Å². The fourth-order valence-corrected chi connectivity index (χ4v) is 2.59. The van der Waals surface area contributed by atoms with Gasteiger partial charge in [0.15, 0.2) is 0 Å². The van der Waals surface area contributed by atoms with Crippen LogP contribution in [0.2, 0.25) is 0 Å². The van der Waals surface area contributed by atoms with E-state index >= 15 is 0 Å². The molecule has 1 aromatic rings. The molecule has 0 spiro atoms. The normalized spacial score (nSPS) is 14.9. The first kappa shape index (κ1) is 20.4. The summed E-state index contributed by atoms with van der Waals surface area (Å²) in [4.78, 5) is 15.2. The lowest BCUT2D eigenvalue weighted by molar-refractivity contribution is -0.384. The van der Waals surface area contributed by atoms with Crippen LogP contribution in [0.1, 0.15) is 40.7 Å².